The minimum Gasteiger partial charge on any atom is -0.396 e. The topological polar surface area (TPSA) is 69.6 Å². The number of aryl methyl sites for hydroxylation is 1. The van der Waals surface area contributed by atoms with Crippen LogP contribution in [0.5, 0.6) is 0 Å². The van der Waals surface area contributed by atoms with Crippen molar-refractivity contribution in [3.8, 4) is 0 Å². The molecule has 0 saturated heterocycles. The van der Waals surface area contributed by atoms with E-state index in [2.05, 4.69) is 5.32 Å². The molecule has 1 aliphatic rings. The highest BCUT2D eigenvalue weighted by molar-refractivity contribution is 7.12. The van der Waals surface area contributed by atoms with Gasteiger partial charge in [-0.1, -0.05) is 0 Å². The molecule has 1 saturated carbocycles. The summed E-state index contributed by atoms with van der Waals surface area (Å²) in [5, 5.41) is 23.5. The first-order valence-electron chi connectivity index (χ1n) is 5.75. The van der Waals surface area contributed by atoms with Gasteiger partial charge in [0.15, 0.2) is 0 Å². The lowest BCUT2D eigenvalue weighted by Crippen LogP contribution is -2.32. The molecule has 1 heterocycles. The van der Waals surface area contributed by atoms with Crippen molar-refractivity contribution in [2.24, 2.45) is 5.92 Å². The molecule has 0 aliphatic heterocycles. The van der Waals surface area contributed by atoms with Crippen LogP contribution in [0.3, 0.4) is 0 Å². The fourth-order valence-electron chi connectivity index (χ4n) is 2.22. The average Bonchev–Trinajstić information content (AvgIpc) is 2.85. The monoisotopic (exact) mass is 255 g/mol. The van der Waals surface area contributed by atoms with Gasteiger partial charge in [0.05, 0.1) is 11.0 Å². The van der Waals surface area contributed by atoms with Crippen LogP contribution in [0.15, 0.2) is 11.4 Å². The van der Waals surface area contributed by atoms with E-state index in [9.17, 15) is 9.90 Å². The van der Waals surface area contributed by atoms with Gasteiger partial charge in [-0.2, -0.15) is 0 Å². The fraction of sp³-hybridized carbons (Fsp3) is 0.583. The van der Waals surface area contributed by atoms with Gasteiger partial charge < -0.3 is 15.5 Å². The molecule has 3 atom stereocenters. The highest BCUT2D eigenvalue weighted by atomic mass is 32.1. The van der Waals surface area contributed by atoms with Gasteiger partial charge >= 0.3 is 0 Å². The van der Waals surface area contributed by atoms with Crippen LogP contribution in [0.2, 0.25) is 0 Å². The van der Waals surface area contributed by atoms with Crippen LogP contribution in [0.1, 0.15) is 28.1 Å². The second kappa shape index (κ2) is 5.16. The molecule has 0 spiro atoms. The van der Waals surface area contributed by atoms with Crippen molar-refractivity contribution in [3.05, 3.63) is 21.9 Å². The van der Waals surface area contributed by atoms with Gasteiger partial charge in [0.25, 0.3) is 5.91 Å². The molecule has 2 rings (SSSR count). The van der Waals surface area contributed by atoms with Crippen molar-refractivity contribution in [3.63, 3.8) is 0 Å². The molecule has 1 aromatic rings. The molecule has 4 nitrogen and oxygen atoms in total. The average molecular weight is 255 g/mol. The molecule has 3 N–H and O–H groups in total. The maximum Gasteiger partial charge on any atom is 0.261 e. The third-order valence-corrected chi connectivity index (χ3v) is 4.23. The molecule has 5 heteroatoms. The molecular formula is C12H17NO3S. The number of aliphatic hydroxyl groups excluding tert-OH is 2. The molecule has 0 unspecified atom stereocenters. The van der Waals surface area contributed by atoms with Gasteiger partial charge in [-0.05, 0) is 36.8 Å². The molecular weight excluding hydrogens is 238 g/mol. The Labute approximate surface area is 104 Å². The van der Waals surface area contributed by atoms with Crippen molar-refractivity contribution in [1.29, 1.82) is 0 Å². The summed E-state index contributed by atoms with van der Waals surface area (Å²) in [6.45, 7) is 1.93. The van der Waals surface area contributed by atoms with Gasteiger partial charge in [-0.3, -0.25) is 4.79 Å². The predicted octanol–water partition coefficient (Wildman–Crippen LogP) is 0.918. The number of thiophene rings is 1. The second-order valence-corrected chi connectivity index (χ2v) is 5.55. The zero-order chi connectivity index (χ0) is 12.4. The lowest BCUT2D eigenvalue weighted by atomic mass is 10.1. The zero-order valence-corrected chi connectivity index (χ0v) is 10.5. The van der Waals surface area contributed by atoms with Gasteiger partial charge in [0.2, 0.25) is 0 Å². The van der Waals surface area contributed by atoms with Crippen LogP contribution >= 0.6 is 11.3 Å². The van der Waals surface area contributed by atoms with Crippen molar-refractivity contribution in [2.45, 2.75) is 31.9 Å². The summed E-state index contributed by atoms with van der Waals surface area (Å²) in [6.07, 6.45) is 0.671. The quantitative estimate of drug-likeness (QED) is 0.752. The van der Waals surface area contributed by atoms with E-state index in [1.54, 1.807) is 0 Å². The number of aliphatic hydroxyl groups is 2. The van der Waals surface area contributed by atoms with Gasteiger partial charge in [-0.15, -0.1) is 11.3 Å². The van der Waals surface area contributed by atoms with Gasteiger partial charge in [0.1, 0.15) is 0 Å². The van der Waals surface area contributed by atoms with E-state index < -0.39 is 6.10 Å². The van der Waals surface area contributed by atoms with E-state index >= 15 is 0 Å². The molecule has 1 fully saturated rings. The molecule has 1 amide bonds. The summed E-state index contributed by atoms with van der Waals surface area (Å²) in [6, 6.07) is 1.83. The van der Waals surface area contributed by atoms with E-state index in [0.717, 1.165) is 5.56 Å². The summed E-state index contributed by atoms with van der Waals surface area (Å²) < 4.78 is 0. The Morgan fingerprint density at radius 3 is 2.88 bits per heavy atom. The Kier molecular flexibility index (Phi) is 3.81. The van der Waals surface area contributed by atoms with Crippen LogP contribution in [-0.4, -0.2) is 34.9 Å². The maximum absolute atomic E-state index is 11.9. The normalized spacial score (nSPS) is 28.3. The minimum absolute atomic E-state index is 0.0222. The summed E-state index contributed by atoms with van der Waals surface area (Å²) in [5.41, 5.74) is 1.08. The molecule has 1 aliphatic carbocycles. The largest absolute Gasteiger partial charge is 0.396 e. The van der Waals surface area contributed by atoms with E-state index in [-0.39, 0.29) is 24.5 Å². The lowest BCUT2D eigenvalue weighted by Gasteiger charge is -2.11. The third kappa shape index (κ3) is 2.86. The number of carbonyl (C=O) groups excluding carboxylic acids is 1. The van der Waals surface area contributed by atoms with E-state index in [1.165, 1.54) is 11.3 Å². The maximum atomic E-state index is 11.9. The smallest absolute Gasteiger partial charge is 0.261 e. The summed E-state index contributed by atoms with van der Waals surface area (Å²) in [4.78, 5) is 12.6. The Morgan fingerprint density at radius 2 is 2.35 bits per heavy atom. The highest BCUT2D eigenvalue weighted by Gasteiger charge is 2.33. The molecule has 94 valence electrons. The Hall–Kier alpha value is -0.910. The minimum atomic E-state index is -0.504. The number of amides is 1. The van der Waals surface area contributed by atoms with Gasteiger partial charge in [0, 0.05) is 18.6 Å². The van der Waals surface area contributed by atoms with Gasteiger partial charge in [-0.25, -0.2) is 0 Å². The number of hydrogen-bond donors (Lipinski definition) is 3. The van der Waals surface area contributed by atoms with E-state index in [0.29, 0.717) is 17.7 Å². The SMILES string of the molecule is Cc1csc(C(=O)N[C@@H]2C[C@@H](CO)[C@H](O)C2)c1. The number of nitrogens with one attached hydrogen (secondary N) is 1. The van der Waals surface area contributed by atoms with Crippen LogP contribution in [0.4, 0.5) is 0 Å². The van der Waals surface area contributed by atoms with Crippen molar-refractivity contribution >= 4 is 17.2 Å². The van der Waals surface area contributed by atoms with Crippen LogP contribution in [0.25, 0.3) is 0 Å². The molecule has 1 aromatic heterocycles. The molecule has 0 radical (unpaired) electrons. The first kappa shape index (κ1) is 12.5. The van der Waals surface area contributed by atoms with Crippen LogP contribution in [0, 0.1) is 12.8 Å². The first-order chi connectivity index (χ1) is 8.10. The van der Waals surface area contributed by atoms with Crippen molar-refractivity contribution in [2.75, 3.05) is 6.61 Å². The summed E-state index contributed by atoms with van der Waals surface area (Å²) in [7, 11) is 0. The molecule has 0 bridgehead atoms. The number of carbonyl (C=O) groups is 1. The highest BCUT2D eigenvalue weighted by Crippen LogP contribution is 2.26. The van der Waals surface area contributed by atoms with E-state index in [1.807, 2.05) is 18.4 Å². The van der Waals surface area contributed by atoms with Crippen LogP contribution in [-0.2, 0) is 0 Å². The predicted molar refractivity (Wildman–Crippen MR) is 66.1 cm³/mol. The Morgan fingerprint density at radius 1 is 1.59 bits per heavy atom. The Bertz CT molecular complexity index is 404. The number of rotatable bonds is 3. The van der Waals surface area contributed by atoms with Crippen LogP contribution < -0.4 is 5.32 Å². The molecule has 17 heavy (non-hydrogen) atoms. The van der Waals surface area contributed by atoms with Crippen molar-refractivity contribution in [1.82, 2.24) is 5.32 Å². The summed E-state index contributed by atoms with van der Waals surface area (Å²) >= 11 is 1.42. The fourth-order valence-corrected chi connectivity index (χ4v) is 3.02. The Balaban J connectivity index is 1.92. The standard InChI is InChI=1S/C12H17NO3S/c1-7-2-11(17-6-7)12(16)13-9-3-8(5-14)10(15)4-9/h2,6,8-10,14-15H,3-5H2,1H3,(H,13,16)/t8-,9+,10+/m0/s1. The third-order valence-electron chi connectivity index (χ3n) is 3.18. The zero-order valence-electron chi connectivity index (χ0n) is 9.72. The summed E-state index contributed by atoms with van der Waals surface area (Å²) in [5.74, 6) is -0.190. The first-order valence-corrected chi connectivity index (χ1v) is 6.63. The lowest BCUT2D eigenvalue weighted by molar-refractivity contribution is 0.0904. The molecule has 0 aromatic carbocycles. The van der Waals surface area contributed by atoms with E-state index in [4.69, 9.17) is 5.11 Å². The number of hydrogen-bond acceptors (Lipinski definition) is 4. The second-order valence-electron chi connectivity index (χ2n) is 4.64. The van der Waals surface area contributed by atoms with Crippen molar-refractivity contribution < 1.29 is 15.0 Å².